The minimum atomic E-state index is -4.95. The molecule has 0 aromatic carbocycles. The van der Waals surface area contributed by atoms with Gasteiger partial charge in [-0.1, -0.05) is 280 Å². The third-order valence-corrected chi connectivity index (χ3v) is 18.6. The van der Waals surface area contributed by atoms with Crippen LogP contribution in [0.5, 0.6) is 0 Å². The number of ether oxygens (including phenoxy) is 4. The van der Waals surface area contributed by atoms with Gasteiger partial charge in [-0.15, -0.1) is 0 Å². The van der Waals surface area contributed by atoms with E-state index in [0.29, 0.717) is 25.7 Å². The summed E-state index contributed by atoms with van der Waals surface area (Å²) in [7, 11) is -9.90. The number of aliphatic hydroxyl groups excluding tert-OH is 1. The predicted octanol–water partition coefficient (Wildman–Crippen LogP) is 18.9. The maximum atomic E-state index is 13.0. The van der Waals surface area contributed by atoms with Gasteiger partial charge in [-0.2, -0.15) is 0 Å². The highest BCUT2D eigenvalue weighted by atomic mass is 31.2. The van der Waals surface area contributed by atoms with E-state index in [2.05, 4.69) is 55.4 Å². The van der Waals surface area contributed by atoms with E-state index in [1.807, 2.05) is 0 Å². The molecule has 8 atom stereocenters. The van der Waals surface area contributed by atoms with Crippen LogP contribution in [0.2, 0.25) is 0 Å². The van der Waals surface area contributed by atoms with Crippen LogP contribution < -0.4 is 0 Å². The Morgan fingerprint density at radius 3 is 0.816 bits per heavy atom. The number of carbonyl (C=O) groups excluding carboxylic acids is 4. The van der Waals surface area contributed by atoms with Crippen molar-refractivity contribution in [3.8, 4) is 0 Å². The highest BCUT2D eigenvalue weighted by molar-refractivity contribution is 7.47. The summed E-state index contributed by atoms with van der Waals surface area (Å²) in [6, 6.07) is 0. The molecule has 0 amide bonds. The number of rotatable bonds is 65. The maximum absolute atomic E-state index is 13.0. The van der Waals surface area contributed by atoms with Crippen molar-refractivity contribution in [2.24, 2.45) is 23.7 Å². The van der Waals surface area contributed by atoms with Gasteiger partial charge in [-0.25, -0.2) is 9.13 Å². The molecule has 0 aliphatic heterocycles. The second-order valence-corrected chi connectivity index (χ2v) is 28.7. The average molecular weight is 1280 g/mol. The Morgan fingerprint density at radius 1 is 0.322 bits per heavy atom. The Hall–Kier alpha value is -1.94. The van der Waals surface area contributed by atoms with E-state index >= 15 is 0 Å². The first-order valence-electron chi connectivity index (χ1n) is 35.3. The molecule has 0 spiro atoms. The van der Waals surface area contributed by atoms with E-state index in [1.165, 1.54) is 128 Å². The average Bonchev–Trinajstić information content (AvgIpc) is 3.58. The largest absolute Gasteiger partial charge is 0.472 e. The van der Waals surface area contributed by atoms with Gasteiger partial charge < -0.3 is 33.8 Å². The van der Waals surface area contributed by atoms with Crippen LogP contribution in [-0.2, 0) is 65.4 Å². The predicted molar refractivity (Wildman–Crippen MR) is 349 cm³/mol. The molecule has 516 valence electrons. The molecule has 87 heavy (non-hydrogen) atoms. The fraction of sp³-hybridized carbons (Fsp3) is 0.941. The zero-order valence-corrected chi connectivity index (χ0v) is 58.4. The third kappa shape index (κ3) is 58.9. The first-order chi connectivity index (χ1) is 41.7. The summed E-state index contributed by atoms with van der Waals surface area (Å²) in [4.78, 5) is 72.4. The normalized spacial score (nSPS) is 15.3. The molecule has 0 saturated carbocycles. The number of esters is 4. The number of phosphoric ester groups is 2. The second kappa shape index (κ2) is 57.9. The number of carbonyl (C=O) groups is 4. The number of hydrogen-bond acceptors (Lipinski definition) is 15. The zero-order valence-electron chi connectivity index (χ0n) is 56.6. The van der Waals surface area contributed by atoms with Crippen molar-refractivity contribution in [1.82, 2.24) is 0 Å². The highest BCUT2D eigenvalue weighted by Gasteiger charge is 2.30. The molecule has 17 nitrogen and oxygen atoms in total. The van der Waals surface area contributed by atoms with E-state index in [-0.39, 0.29) is 25.7 Å². The summed E-state index contributed by atoms with van der Waals surface area (Å²) in [6.07, 6.45) is 38.8. The lowest BCUT2D eigenvalue weighted by atomic mass is 9.99. The Kier molecular flexibility index (Phi) is 56.6. The fourth-order valence-electron chi connectivity index (χ4n) is 10.0. The smallest absolute Gasteiger partial charge is 0.462 e. The van der Waals surface area contributed by atoms with Gasteiger partial charge in [0.25, 0.3) is 0 Å². The van der Waals surface area contributed by atoms with Crippen molar-refractivity contribution in [2.45, 2.75) is 350 Å². The molecule has 0 radical (unpaired) electrons. The molecule has 0 aromatic heterocycles. The topological polar surface area (TPSA) is 237 Å². The van der Waals surface area contributed by atoms with Crippen molar-refractivity contribution in [3.05, 3.63) is 0 Å². The van der Waals surface area contributed by atoms with Crippen molar-refractivity contribution in [1.29, 1.82) is 0 Å². The zero-order chi connectivity index (χ0) is 64.7. The summed E-state index contributed by atoms with van der Waals surface area (Å²) < 4.78 is 68.2. The van der Waals surface area contributed by atoms with Gasteiger partial charge in [-0.05, 0) is 49.4 Å². The van der Waals surface area contributed by atoms with Crippen LogP contribution in [0.15, 0.2) is 0 Å². The van der Waals surface area contributed by atoms with Crippen LogP contribution in [-0.4, -0.2) is 96.7 Å². The number of hydrogen-bond donors (Lipinski definition) is 3. The van der Waals surface area contributed by atoms with E-state index < -0.39 is 97.5 Å². The third-order valence-electron chi connectivity index (χ3n) is 16.7. The molecule has 0 aliphatic rings. The molecule has 0 saturated heterocycles. The molecule has 0 fully saturated rings. The van der Waals surface area contributed by atoms with E-state index in [0.717, 1.165) is 120 Å². The Bertz CT molecular complexity index is 1740. The Balaban J connectivity index is 5.28. The lowest BCUT2D eigenvalue weighted by Crippen LogP contribution is -2.30. The molecule has 6 unspecified atom stereocenters. The molecule has 0 bridgehead atoms. The standard InChI is InChI=1S/C68H132O17P2/c1-9-59(6)45-37-29-21-14-12-13-15-24-34-42-50-67(72)84-63(54-78-65(70)48-40-32-23-18-16-20-28-36-44-58(4)5)56-82-86(74,75)80-52-62(69)53-81-87(76,77)83-57-64(55-79-66(71)49-41-33-27-26-31-39-47-61(8)11-3)85-68(73)51-43-35-25-19-17-22-30-38-46-60(7)10-2/h58-64,69H,9-57H2,1-8H3,(H,74,75)(H,76,77)/t59?,60?,61?,62?,63-,64-/m1/s1. The fourth-order valence-corrected chi connectivity index (χ4v) is 11.6. The molecule has 0 heterocycles. The number of phosphoric acid groups is 2. The lowest BCUT2D eigenvalue weighted by molar-refractivity contribution is -0.161. The summed E-state index contributed by atoms with van der Waals surface area (Å²) >= 11 is 0. The quantitative estimate of drug-likeness (QED) is 0.0222. The van der Waals surface area contributed by atoms with Crippen molar-refractivity contribution in [2.75, 3.05) is 39.6 Å². The van der Waals surface area contributed by atoms with Gasteiger partial charge in [0.2, 0.25) is 0 Å². The van der Waals surface area contributed by atoms with E-state index in [1.54, 1.807) is 0 Å². The van der Waals surface area contributed by atoms with Crippen molar-refractivity contribution < 1.29 is 80.2 Å². The molecule has 3 N–H and O–H groups in total. The van der Waals surface area contributed by atoms with Gasteiger partial charge >= 0.3 is 39.5 Å². The SMILES string of the molecule is CCC(C)CCCCCCCCCCCCC(=O)O[C@H](COC(=O)CCCCCCCCCCC(C)C)COP(=O)(O)OCC(O)COP(=O)(O)OC[C@@H](COC(=O)CCCCCCCCC(C)CC)OC(=O)CCCCCCCCCCC(C)CC. The molecule has 0 aromatic rings. The van der Waals surface area contributed by atoms with Crippen LogP contribution in [0.4, 0.5) is 0 Å². The second-order valence-electron chi connectivity index (χ2n) is 25.8. The van der Waals surface area contributed by atoms with Gasteiger partial charge in [0.1, 0.15) is 19.3 Å². The highest BCUT2D eigenvalue weighted by Crippen LogP contribution is 2.45. The van der Waals surface area contributed by atoms with Crippen LogP contribution in [0.1, 0.15) is 331 Å². The van der Waals surface area contributed by atoms with Crippen LogP contribution in [0.3, 0.4) is 0 Å². The van der Waals surface area contributed by atoms with E-state index in [4.69, 9.17) is 37.0 Å². The lowest BCUT2D eigenvalue weighted by Gasteiger charge is -2.21. The van der Waals surface area contributed by atoms with Gasteiger partial charge in [-0.3, -0.25) is 37.3 Å². The minimum absolute atomic E-state index is 0.103. The van der Waals surface area contributed by atoms with Crippen LogP contribution in [0.25, 0.3) is 0 Å². The molecular formula is C68H132O17P2. The summed E-state index contributed by atoms with van der Waals surface area (Å²) in [5, 5.41) is 10.6. The van der Waals surface area contributed by atoms with E-state index in [9.17, 15) is 43.2 Å². The Labute approximate surface area is 530 Å². The summed E-state index contributed by atoms with van der Waals surface area (Å²) in [6.45, 7) is 14.1. The van der Waals surface area contributed by atoms with Crippen molar-refractivity contribution in [3.63, 3.8) is 0 Å². The first-order valence-corrected chi connectivity index (χ1v) is 38.3. The number of aliphatic hydroxyl groups is 1. The van der Waals surface area contributed by atoms with Crippen LogP contribution in [0, 0.1) is 23.7 Å². The molecule has 0 rings (SSSR count). The molecule has 19 heteroatoms. The number of unbranched alkanes of at least 4 members (excludes halogenated alkanes) is 28. The van der Waals surface area contributed by atoms with Crippen LogP contribution >= 0.6 is 15.6 Å². The van der Waals surface area contributed by atoms with Gasteiger partial charge in [0.15, 0.2) is 12.2 Å². The van der Waals surface area contributed by atoms with Crippen molar-refractivity contribution >= 4 is 39.5 Å². The molecular weight excluding hydrogens is 1150 g/mol. The first kappa shape index (κ1) is 85.1. The van der Waals surface area contributed by atoms with Gasteiger partial charge in [0.05, 0.1) is 26.4 Å². The minimum Gasteiger partial charge on any atom is -0.462 e. The van der Waals surface area contributed by atoms with Gasteiger partial charge in [0, 0.05) is 25.7 Å². The summed E-state index contributed by atoms with van der Waals surface area (Å²) in [5.41, 5.74) is 0. The Morgan fingerprint density at radius 2 is 0.552 bits per heavy atom. The maximum Gasteiger partial charge on any atom is 0.472 e. The monoisotopic (exact) mass is 1280 g/mol. The summed E-state index contributed by atoms with van der Waals surface area (Å²) in [5.74, 6) is 0.895. The molecule has 0 aliphatic carbocycles.